The Morgan fingerprint density at radius 3 is 2.27 bits per heavy atom. The summed E-state index contributed by atoms with van der Waals surface area (Å²) in [6, 6.07) is 16.0. The minimum absolute atomic E-state index is 0.770. The maximum atomic E-state index is 5.83. The summed E-state index contributed by atoms with van der Waals surface area (Å²) in [4.78, 5) is 2.39. The largest absolute Gasteiger partial charge is 0.0889 e. The zero-order chi connectivity index (χ0) is 10.7. The highest BCUT2D eigenvalue weighted by molar-refractivity contribution is 9.10. The third-order valence-electron chi connectivity index (χ3n) is 1.88. The van der Waals surface area contributed by atoms with E-state index in [2.05, 4.69) is 22.0 Å². The van der Waals surface area contributed by atoms with Gasteiger partial charge in [0.25, 0.3) is 0 Å². The van der Waals surface area contributed by atoms with Gasteiger partial charge in [0.05, 0.1) is 0 Å². The van der Waals surface area contributed by atoms with E-state index < -0.39 is 0 Å². The van der Waals surface area contributed by atoms with Gasteiger partial charge in [-0.1, -0.05) is 35.5 Å². The van der Waals surface area contributed by atoms with Crippen molar-refractivity contribution in [3.8, 4) is 0 Å². The first-order valence-electron chi connectivity index (χ1n) is 4.43. The van der Waals surface area contributed by atoms with Gasteiger partial charge in [0, 0.05) is 19.3 Å². The van der Waals surface area contributed by atoms with Gasteiger partial charge in [-0.3, -0.25) is 0 Å². The maximum Gasteiger partial charge on any atom is 0.0406 e. The molecule has 0 nitrogen and oxygen atoms in total. The molecule has 0 fully saturated rings. The van der Waals surface area contributed by atoms with Crippen LogP contribution in [0.25, 0.3) is 0 Å². The monoisotopic (exact) mass is 298 g/mol. The fourth-order valence-electron chi connectivity index (χ4n) is 1.16. The Morgan fingerprint density at radius 2 is 1.60 bits per heavy atom. The highest BCUT2D eigenvalue weighted by Crippen LogP contribution is 2.33. The molecular weight excluding hydrogens is 292 g/mol. The van der Waals surface area contributed by atoms with Crippen molar-refractivity contribution >= 4 is 39.3 Å². The molecule has 3 heteroatoms. The maximum absolute atomic E-state index is 5.83. The summed E-state index contributed by atoms with van der Waals surface area (Å²) >= 11 is 11.1. The highest BCUT2D eigenvalue weighted by Gasteiger charge is 2.00. The number of halogens is 2. The van der Waals surface area contributed by atoms with E-state index in [1.807, 2.05) is 42.5 Å². The van der Waals surface area contributed by atoms with Crippen molar-refractivity contribution in [2.45, 2.75) is 9.79 Å². The first-order valence-corrected chi connectivity index (χ1v) is 6.42. The predicted molar refractivity (Wildman–Crippen MR) is 69.7 cm³/mol. The second-order valence-electron chi connectivity index (χ2n) is 2.99. The van der Waals surface area contributed by atoms with Crippen LogP contribution in [-0.4, -0.2) is 0 Å². The van der Waals surface area contributed by atoms with Crippen LogP contribution < -0.4 is 0 Å². The second-order valence-corrected chi connectivity index (χ2v) is 5.39. The van der Waals surface area contributed by atoms with Crippen molar-refractivity contribution in [2.24, 2.45) is 0 Å². The van der Waals surface area contributed by atoms with Gasteiger partial charge in [0.15, 0.2) is 0 Å². The van der Waals surface area contributed by atoms with Crippen LogP contribution in [0.2, 0.25) is 5.02 Å². The van der Waals surface area contributed by atoms with Gasteiger partial charge >= 0.3 is 0 Å². The van der Waals surface area contributed by atoms with E-state index in [1.165, 1.54) is 9.79 Å². The van der Waals surface area contributed by atoms with E-state index in [4.69, 9.17) is 11.6 Å². The van der Waals surface area contributed by atoms with Gasteiger partial charge in [-0.2, -0.15) is 0 Å². The lowest BCUT2D eigenvalue weighted by atomic mass is 10.4. The average molecular weight is 300 g/mol. The molecule has 0 unspecified atom stereocenters. The van der Waals surface area contributed by atoms with Crippen LogP contribution in [0.1, 0.15) is 0 Å². The molecular formula is C12H8BrClS. The summed E-state index contributed by atoms with van der Waals surface area (Å²) in [5.74, 6) is 0. The van der Waals surface area contributed by atoms with Crippen LogP contribution in [0.15, 0.2) is 62.8 Å². The second kappa shape index (κ2) is 5.06. The third kappa shape index (κ3) is 3.00. The molecule has 0 saturated heterocycles. The molecule has 2 aromatic rings. The third-order valence-corrected chi connectivity index (χ3v) is 4.17. The molecule has 0 heterocycles. The fourth-order valence-corrected chi connectivity index (χ4v) is 2.65. The van der Waals surface area contributed by atoms with Crippen molar-refractivity contribution in [1.82, 2.24) is 0 Å². The minimum Gasteiger partial charge on any atom is -0.0889 e. The number of rotatable bonds is 2. The SMILES string of the molecule is Clc1ccc(Sc2ccccc2Br)cc1. The molecule has 2 rings (SSSR count). The van der Waals surface area contributed by atoms with E-state index in [9.17, 15) is 0 Å². The minimum atomic E-state index is 0.770. The fraction of sp³-hybridized carbons (Fsp3) is 0. The lowest BCUT2D eigenvalue weighted by Crippen LogP contribution is -1.75. The van der Waals surface area contributed by atoms with Gasteiger partial charge in [0.1, 0.15) is 0 Å². The molecule has 0 bridgehead atoms. The van der Waals surface area contributed by atoms with E-state index in [0.29, 0.717) is 0 Å². The van der Waals surface area contributed by atoms with Gasteiger partial charge in [-0.15, -0.1) is 0 Å². The van der Waals surface area contributed by atoms with E-state index in [0.717, 1.165) is 9.50 Å². The molecule has 15 heavy (non-hydrogen) atoms. The Kier molecular flexibility index (Phi) is 3.73. The van der Waals surface area contributed by atoms with Crippen LogP contribution in [0.3, 0.4) is 0 Å². The first-order chi connectivity index (χ1) is 7.25. The molecule has 0 N–H and O–H groups in total. The molecule has 0 aliphatic rings. The Hall–Kier alpha value is -0.440. The highest BCUT2D eigenvalue weighted by atomic mass is 79.9. The Labute approximate surface area is 107 Å². The van der Waals surface area contributed by atoms with E-state index in [-0.39, 0.29) is 0 Å². The Balaban J connectivity index is 2.22. The molecule has 0 aromatic heterocycles. The van der Waals surface area contributed by atoms with Crippen molar-refractivity contribution in [3.05, 3.63) is 58.0 Å². The number of hydrogen-bond donors (Lipinski definition) is 0. The first kappa shape index (κ1) is 11.1. The van der Waals surface area contributed by atoms with E-state index >= 15 is 0 Å². The normalized spacial score (nSPS) is 10.3. The number of benzene rings is 2. The molecule has 0 saturated carbocycles. The van der Waals surface area contributed by atoms with Crippen molar-refractivity contribution in [3.63, 3.8) is 0 Å². The molecule has 76 valence electrons. The van der Waals surface area contributed by atoms with Crippen LogP contribution in [0.5, 0.6) is 0 Å². The summed E-state index contributed by atoms with van der Waals surface area (Å²) in [5.41, 5.74) is 0. The molecule has 0 aliphatic carbocycles. The molecule has 0 aliphatic heterocycles. The summed E-state index contributed by atoms with van der Waals surface area (Å²) in [6.07, 6.45) is 0. The van der Waals surface area contributed by atoms with Crippen LogP contribution in [0.4, 0.5) is 0 Å². The number of hydrogen-bond acceptors (Lipinski definition) is 1. The molecule has 0 spiro atoms. The lowest BCUT2D eigenvalue weighted by Gasteiger charge is -2.03. The Morgan fingerprint density at radius 1 is 0.933 bits per heavy atom. The molecule has 0 radical (unpaired) electrons. The van der Waals surface area contributed by atoms with Gasteiger partial charge in [-0.05, 0) is 52.3 Å². The summed E-state index contributed by atoms with van der Waals surface area (Å²) < 4.78 is 1.12. The van der Waals surface area contributed by atoms with Gasteiger partial charge in [-0.25, -0.2) is 0 Å². The smallest absolute Gasteiger partial charge is 0.0406 e. The average Bonchev–Trinajstić information content (AvgIpc) is 2.25. The summed E-state index contributed by atoms with van der Waals surface area (Å²) in [6.45, 7) is 0. The molecule has 2 aromatic carbocycles. The lowest BCUT2D eigenvalue weighted by molar-refractivity contribution is 1.37. The van der Waals surface area contributed by atoms with Crippen molar-refractivity contribution in [2.75, 3.05) is 0 Å². The van der Waals surface area contributed by atoms with E-state index in [1.54, 1.807) is 11.8 Å². The zero-order valence-corrected chi connectivity index (χ0v) is 10.9. The Bertz CT molecular complexity index is 453. The van der Waals surface area contributed by atoms with Crippen molar-refractivity contribution < 1.29 is 0 Å². The predicted octanol–water partition coefficient (Wildman–Crippen LogP) is 5.25. The topological polar surface area (TPSA) is 0 Å². The van der Waals surface area contributed by atoms with Crippen LogP contribution in [0, 0.1) is 0 Å². The van der Waals surface area contributed by atoms with Crippen LogP contribution in [-0.2, 0) is 0 Å². The molecule has 0 amide bonds. The van der Waals surface area contributed by atoms with Gasteiger partial charge < -0.3 is 0 Å². The standard InChI is InChI=1S/C12H8BrClS/c13-11-3-1-2-4-12(11)15-10-7-5-9(14)6-8-10/h1-8H. The zero-order valence-electron chi connectivity index (χ0n) is 7.78. The summed E-state index contributed by atoms with van der Waals surface area (Å²) in [5, 5.41) is 0.770. The quantitative estimate of drug-likeness (QED) is 0.729. The summed E-state index contributed by atoms with van der Waals surface area (Å²) in [7, 11) is 0. The van der Waals surface area contributed by atoms with Crippen LogP contribution >= 0.6 is 39.3 Å². The van der Waals surface area contributed by atoms with Crippen molar-refractivity contribution in [1.29, 1.82) is 0 Å². The molecule has 0 atom stereocenters. The van der Waals surface area contributed by atoms with Gasteiger partial charge in [0.2, 0.25) is 0 Å².